The maximum absolute atomic E-state index is 12.2. The lowest BCUT2D eigenvalue weighted by molar-refractivity contribution is -0.0276. The first-order valence-electron chi connectivity index (χ1n) is 7.71. The molecule has 0 saturated heterocycles. The average molecular weight is 383 g/mol. The molecule has 140 valence electrons. The predicted molar refractivity (Wildman–Crippen MR) is 92.8 cm³/mol. The second-order valence-corrected chi connectivity index (χ2v) is 5.22. The summed E-state index contributed by atoms with van der Waals surface area (Å²) in [4.78, 5) is 20.6. The summed E-state index contributed by atoms with van der Waals surface area (Å²) in [7, 11) is 2.96. The van der Waals surface area contributed by atoms with E-state index in [-0.39, 0.29) is 29.7 Å². The second-order valence-electron chi connectivity index (χ2n) is 4.81. The number of ether oxygens (including phenoxy) is 5. The molecule has 0 amide bonds. The molecule has 2 aromatic rings. The third-order valence-corrected chi connectivity index (χ3v) is 3.47. The molecule has 0 N–H and O–H groups in total. The Balaban J connectivity index is 2.17. The zero-order valence-corrected chi connectivity index (χ0v) is 15.4. The number of benzene rings is 1. The average Bonchev–Trinajstić information content (AvgIpc) is 2.66. The van der Waals surface area contributed by atoms with Gasteiger partial charge in [-0.2, -0.15) is 9.97 Å². The molecule has 0 radical (unpaired) electrons. The molecule has 0 fully saturated rings. The van der Waals surface area contributed by atoms with Gasteiger partial charge in [0.05, 0.1) is 25.3 Å². The molecule has 1 heterocycles. The van der Waals surface area contributed by atoms with Crippen molar-refractivity contribution in [2.24, 2.45) is 0 Å². The highest BCUT2D eigenvalue weighted by Crippen LogP contribution is 2.28. The molecule has 0 aliphatic rings. The van der Waals surface area contributed by atoms with Crippen molar-refractivity contribution >= 4 is 17.6 Å². The van der Waals surface area contributed by atoms with E-state index in [4.69, 9.17) is 35.3 Å². The molecule has 0 unspecified atom stereocenters. The van der Waals surface area contributed by atoms with Gasteiger partial charge in [0.25, 0.3) is 0 Å². The van der Waals surface area contributed by atoms with E-state index in [1.807, 2.05) is 0 Å². The highest BCUT2D eigenvalue weighted by Gasteiger charge is 2.19. The zero-order valence-electron chi connectivity index (χ0n) is 14.7. The monoisotopic (exact) mass is 382 g/mol. The first kappa shape index (κ1) is 19.7. The molecular formula is C17H19ClN2O6. The van der Waals surface area contributed by atoms with Gasteiger partial charge in [-0.25, -0.2) is 4.79 Å². The lowest BCUT2D eigenvalue weighted by Crippen LogP contribution is -2.12. The lowest BCUT2D eigenvalue weighted by Gasteiger charge is -2.13. The van der Waals surface area contributed by atoms with Gasteiger partial charge in [-0.05, 0) is 19.1 Å². The number of halogens is 1. The van der Waals surface area contributed by atoms with Crippen molar-refractivity contribution in [1.29, 1.82) is 0 Å². The summed E-state index contributed by atoms with van der Waals surface area (Å²) in [5.74, 6) is 0.568. The molecule has 0 atom stereocenters. The van der Waals surface area contributed by atoms with E-state index in [9.17, 15) is 4.79 Å². The Hall–Kier alpha value is -2.58. The molecule has 2 rings (SSSR count). The van der Waals surface area contributed by atoms with Crippen LogP contribution in [0.3, 0.4) is 0 Å². The van der Waals surface area contributed by atoms with Gasteiger partial charge < -0.3 is 23.7 Å². The summed E-state index contributed by atoms with van der Waals surface area (Å²) >= 11 is 6.12. The second kappa shape index (κ2) is 9.79. The van der Waals surface area contributed by atoms with Crippen LogP contribution in [0.5, 0.6) is 17.5 Å². The van der Waals surface area contributed by atoms with E-state index in [1.54, 1.807) is 31.2 Å². The van der Waals surface area contributed by atoms with Crippen molar-refractivity contribution in [1.82, 2.24) is 9.97 Å². The molecule has 1 aromatic heterocycles. The van der Waals surface area contributed by atoms with Crippen LogP contribution >= 0.6 is 11.6 Å². The number of esters is 1. The Kier molecular flexibility index (Phi) is 7.43. The molecule has 0 aliphatic carbocycles. The van der Waals surface area contributed by atoms with Gasteiger partial charge in [-0.1, -0.05) is 17.7 Å². The van der Waals surface area contributed by atoms with Gasteiger partial charge in [-0.15, -0.1) is 0 Å². The number of rotatable bonds is 9. The Labute approximate surface area is 156 Å². The highest BCUT2D eigenvalue weighted by atomic mass is 35.5. The van der Waals surface area contributed by atoms with Crippen LogP contribution in [0.1, 0.15) is 23.1 Å². The molecule has 8 nitrogen and oxygen atoms in total. The standard InChI is InChI=1S/C17H19ClN2O6/c1-4-24-10-26-17(21)16-11(18)6-5-7-12(16)25-9-13-19-14(22-2)8-15(20-13)23-3/h5-8H,4,9-10H2,1-3H3. The summed E-state index contributed by atoms with van der Waals surface area (Å²) < 4.78 is 25.9. The lowest BCUT2D eigenvalue weighted by atomic mass is 10.2. The fourth-order valence-electron chi connectivity index (χ4n) is 1.94. The Morgan fingerprint density at radius 1 is 1.15 bits per heavy atom. The number of carbonyl (C=O) groups excluding carboxylic acids is 1. The molecule has 0 spiro atoms. The third-order valence-electron chi connectivity index (χ3n) is 3.16. The smallest absolute Gasteiger partial charge is 0.345 e. The fraction of sp³-hybridized carbons (Fsp3) is 0.353. The largest absolute Gasteiger partial charge is 0.485 e. The summed E-state index contributed by atoms with van der Waals surface area (Å²) in [5, 5.41) is 0.202. The van der Waals surface area contributed by atoms with E-state index in [2.05, 4.69) is 9.97 Å². The Bertz CT molecular complexity index is 734. The minimum Gasteiger partial charge on any atom is -0.485 e. The number of nitrogens with zero attached hydrogens (tertiary/aromatic N) is 2. The van der Waals surface area contributed by atoms with Crippen LogP contribution in [-0.4, -0.2) is 43.6 Å². The summed E-state index contributed by atoms with van der Waals surface area (Å²) in [5.41, 5.74) is 0.101. The van der Waals surface area contributed by atoms with Crippen LogP contribution in [-0.2, 0) is 16.1 Å². The molecule has 1 aromatic carbocycles. The molecule has 0 saturated carbocycles. The van der Waals surface area contributed by atoms with Crippen molar-refractivity contribution in [3.05, 3.63) is 40.7 Å². The normalized spacial score (nSPS) is 10.3. The summed E-state index contributed by atoms with van der Waals surface area (Å²) in [6.45, 7) is 2.02. The number of carbonyl (C=O) groups is 1. The number of hydrogen-bond donors (Lipinski definition) is 0. The minimum atomic E-state index is -0.650. The number of hydrogen-bond acceptors (Lipinski definition) is 8. The number of methoxy groups -OCH3 is 2. The molecular weight excluding hydrogens is 364 g/mol. The third kappa shape index (κ3) is 5.21. The maximum atomic E-state index is 12.2. The Morgan fingerprint density at radius 2 is 1.85 bits per heavy atom. The van der Waals surface area contributed by atoms with E-state index in [0.29, 0.717) is 24.2 Å². The van der Waals surface area contributed by atoms with Gasteiger partial charge in [0.15, 0.2) is 12.6 Å². The Morgan fingerprint density at radius 3 is 2.46 bits per heavy atom. The van der Waals surface area contributed by atoms with Crippen LogP contribution in [0.25, 0.3) is 0 Å². The topological polar surface area (TPSA) is 89.0 Å². The van der Waals surface area contributed by atoms with Crippen LogP contribution in [0, 0.1) is 0 Å². The van der Waals surface area contributed by atoms with Crippen molar-refractivity contribution in [3.8, 4) is 17.5 Å². The summed E-state index contributed by atoms with van der Waals surface area (Å²) in [6, 6.07) is 6.36. The summed E-state index contributed by atoms with van der Waals surface area (Å²) in [6.07, 6.45) is 0. The molecule has 0 aliphatic heterocycles. The van der Waals surface area contributed by atoms with Gasteiger partial charge in [-0.3, -0.25) is 0 Å². The number of aromatic nitrogens is 2. The van der Waals surface area contributed by atoms with Crippen molar-refractivity contribution in [2.45, 2.75) is 13.5 Å². The molecule has 26 heavy (non-hydrogen) atoms. The van der Waals surface area contributed by atoms with Gasteiger partial charge in [0, 0.05) is 6.61 Å². The zero-order chi connectivity index (χ0) is 18.9. The van der Waals surface area contributed by atoms with Crippen molar-refractivity contribution < 1.29 is 28.5 Å². The van der Waals surface area contributed by atoms with Crippen molar-refractivity contribution in [3.63, 3.8) is 0 Å². The van der Waals surface area contributed by atoms with Crippen LogP contribution in [0.2, 0.25) is 5.02 Å². The van der Waals surface area contributed by atoms with Gasteiger partial charge >= 0.3 is 5.97 Å². The molecule has 0 bridgehead atoms. The van der Waals surface area contributed by atoms with Crippen LogP contribution < -0.4 is 14.2 Å². The first-order chi connectivity index (χ1) is 12.6. The maximum Gasteiger partial charge on any atom is 0.345 e. The molecule has 9 heteroatoms. The van der Waals surface area contributed by atoms with Gasteiger partial charge in [0.2, 0.25) is 11.8 Å². The van der Waals surface area contributed by atoms with Gasteiger partial charge in [0.1, 0.15) is 17.9 Å². The van der Waals surface area contributed by atoms with Crippen LogP contribution in [0.15, 0.2) is 24.3 Å². The van der Waals surface area contributed by atoms with E-state index in [0.717, 1.165) is 0 Å². The van der Waals surface area contributed by atoms with E-state index in [1.165, 1.54) is 14.2 Å². The quantitative estimate of drug-likeness (QED) is 0.371. The van der Waals surface area contributed by atoms with E-state index >= 15 is 0 Å². The minimum absolute atomic E-state index is 0.0281. The fourth-order valence-corrected chi connectivity index (χ4v) is 2.18. The predicted octanol–water partition coefficient (Wildman–Crippen LogP) is 2.88. The highest BCUT2D eigenvalue weighted by molar-refractivity contribution is 6.34. The van der Waals surface area contributed by atoms with Crippen LogP contribution in [0.4, 0.5) is 0 Å². The van der Waals surface area contributed by atoms with Crippen molar-refractivity contribution in [2.75, 3.05) is 27.6 Å². The van der Waals surface area contributed by atoms with E-state index < -0.39 is 5.97 Å². The first-order valence-corrected chi connectivity index (χ1v) is 8.09. The SMILES string of the molecule is CCOCOC(=O)c1c(Cl)cccc1OCc1nc(OC)cc(OC)n1.